The molecule has 120 valence electrons. The van der Waals surface area contributed by atoms with Crippen molar-refractivity contribution >= 4 is 16.9 Å². The van der Waals surface area contributed by atoms with Crippen molar-refractivity contribution in [1.82, 2.24) is 19.8 Å². The zero-order valence-electron chi connectivity index (χ0n) is 13.3. The van der Waals surface area contributed by atoms with E-state index in [9.17, 15) is 4.79 Å². The van der Waals surface area contributed by atoms with Gasteiger partial charge in [-0.25, -0.2) is 4.98 Å². The molecule has 2 aromatic rings. The van der Waals surface area contributed by atoms with Gasteiger partial charge in [-0.05, 0) is 25.0 Å². The van der Waals surface area contributed by atoms with Crippen LogP contribution in [0.5, 0.6) is 0 Å². The zero-order chi connectivity index (χ0) is 15.6. The number of rotatable bonds is 2. The molecular weight excluding hydrogens is 288 g/mol. The summed E-state index contributed by atoms with van der Waals surface area (Å²) in [5.41, 5.74) is 2.07. The van der Waals surface area contributed by atoms with Crippen LogP contribution in [0.4, 0.5) is 0 Å². The molecule has 0 N–H and O–H groups in total. The highest BCUT2D eigenvalue weighted by Crippen LogP contribution is 2.24. The normalized spacial score (nSPS) is 20.3. The number of hydrogen-bond donors (Lipinski definition) is 0. The van der Waals surface area contributed by atoms with Crippen LogP contribution in [-0.2, 0) is 0 Å². The molecule has 1 aliphatic heterocycles. The van der Waals surface area contributed by atoms with Crippen molar-refractivity contribution in [3.8, 4) is 0 Å². The van der Waals surface area contributed by atoms with E-state index in [-0.39, 0.29) is 5.91 Å². The van der Waals surface area contributed by atoms with E-state index in [4.69, 9.17) is 0 Å². The third kappa shape index (κ3) is 2.93. The Labute approximate surface area is 136 Å². The standard InChI is InChI=1S/C18H22N4O/c23-18(17-13-19-15-7-3-4-8-16(15)20-17)22-11-9-21(10-12-22)14-5-1-2-6-14/h3-4,7-8,13-14H,1-2,5-6,9-12H2. The Kier molecular flexibility index (Phi) is 3.95. The van der Waals surface area contributed by atoms with E-state index < -0.39 is 0 Å². The average Bonchev–Trinajstić information content (AvgIpc) is 3.15. The van der Waals surface area contributed by atoms with Crippen molar-refractivity contribution in [2.24, 2.45) is 0 Å². The summed E-state index contributed by atoms with van der Waals surface area (Å²) in [5, 5.41) is 0. The van der Waals surface area contributed by atoms with E-state index in [0.29, 0.717) is 5.69 Å². The highest BCUT2D eigenvalue weighted by Gasteiger charge is 2.28. The van der Waals surface area contributed by atoms with Crippen molar-refractivity contribution in [2.75, 3.05) is 26.2 Å². The third-order valence-electron chi connectivity index (χ3n) is 5.11. The maximum Gasteiger partial charge on any atom is 0.274 e. The fourth-order valence-corrected chi connectivity index (χ4v) is 3.78. The maximum absolute atomic E-state index is 12.7. The molecule has 0 spiro atoms. The predicted octanol–water partition coefficient (Wildman–Crippen LogP) is 2.33. The molecule has 1 aromatic heterocycles. The van der Waals surface area contributed by atoms with Crippen molar-refractivity contribution < 1.29 is 4.79 Å². The Bertz CT molecular complexity index is 703. The Morgan fingerprint density at radius 1 is 1.00 bits per heavy atom. The van der Waals surface area contributed by atoms with Gasteiger partial charge in [0.1, 0.15) is 5.69 Å². The first-order valence-corrected chi connectivity index (χ1v) is 8.56. The minimum Gasteiger partial charge on any atom is -0.335 e. The second-order valence-electron chi connectivity index (χ2n) is 6.51. The lowest BCUT2D eigenvalue weighted by atomic mass is 10.1. The first-order chi connectivity index (χ1) is 11.3. The van der Waals surface area contributed by atoms with Gasteiger partial charge in [-0.3, -0.25) is 14.7 Å². The summed E-state index contributed by atoms with van der Waals surface area (Å²) in [6.45, 7) is 3.56. The predicted molar refractivity (Wildman–Crippen MR) is 89.3 cm³/mol. The molecule has 5 nitrogen and oxygen atoms in total. The molecule has 2 heterocycles. The van der Waals surface area contributed by atoms with Crippen molar-refractivity contribution in [1.29, 1.82) is 0 Å². The molecule has 0 bridgehead atoms. The van der Waals surface area contributed by atoms with Gasteiger partial charge in [0, 0.05) is 32.2 Å². The van der Waals surface area contributed by atoms with Crippen LogP contribution in [0, 0.1) is 0 Å². The first-order valence-electron chi connectivity index (χ1n) is 8.56. The monoisotopic (exact) mass is 310 g/mol. The highest BCUT2D eigenvalue weighted by atomic mass is 16.2. The smallest absolute Gasteiger partial charge is 0.274 e. The highest BCUT2D eigenvalue weighted by molar-refractivity contribution is 5.93. The van der Waals surface area contributed by atoms with Crippen molar-refractivity contribution in [3.05, 3.63) is 36.2 Å². The fraction of sp³-hybridized carbons (Fsp3) is 0.500. The Balaban J connectivity index is 1.44. The van der Waals surface area contributed by atoms with Gasteiger partial charge < -0.3 is 4.90 Å². The van der Waals surface area contributed by atoms with Crippen molar-refractivity contribution in [3.63, 3.8) is 0 Å². The van der Waals surface area contributed by atoms with Crippen LogP contribution in [0.15, 0.2) is 30.5 Å². The number of fused-ring (bicyclic) bond motifs is 1. The van der Waals surface area contributed by atoms with E-state index in [1.54, 1.807) is 6.20 Å². The molecule has 1 aromatic carbocycles. The fourth-order valence-electron chi connectivity index (χ4n) is 3.78. The summed E-state index contributed by atoms with van der Waals surface area (Å²) in [5.74, 6) is 0.00863. The van der Waals surface area contributed by atoms with Gasteiger partial charge in [-0.2, -0.15) is 0 Å². The minimum atomic E-state index is 0.00863. The molecule has 0 radical (unpaired) electrons. The Morgan fingerprint density at radius 3 is 2.43 bits per heavy atom. The molecule has 2 fully saturated rings. The topological polar surface area (TPSA) is 49.3 Å². The number of carbonyl (C=O) groups is 1. The number of hydrogen-bond acceptors (Lipinski definition) is 4. The molecule has 1 saturated heterocycles. The lowest BCUT2D eigenvalue weighted by Crippen LogP contribution is -2.51. The van der Waals surface area contributed by atoms with Crippen LogP contribution < -0.4 is 0 Å². The van der Waals surface area contributed by atoms with Gasteiger partial charge in [-0.15, -0.1) is 0 Å². The molecule has 1 saturated carbocycles. The summed E-state index contributed by atoms with van der Waals surface area (Å²) in [6, 6.07) is 8.41. The van der Waals surface area contributed by atoms with E-state index in [0.717, 1.165) is 43.3 Å². The Hall–Kier alpha value is -2.01. The molecule has 0 atom stereocenters. The van der Waals surface area contributed by atoms with Gasteiger partial charge in [0.15, 0.2) is 0 Å². The van der Waals surface area contributed by atoms with Crippen LogP contribution in [0.25, 0.3) is 11.0 Å². The number of piperazine rings is 1. The zero-order valence-corrected chi connectivity index (χ0v) is 13.3. The third-order valence-corrected chi connectivity index (χ3v) is 5.11. The summed E-state index contributed by atoms with van der Waals surface area (Å²) in [7, 11) is 0. The summed E-state index contributed by atoms with van der Waals surface area (Å²) in [6.07, 6.45) is 6.97. The van der Waals surface area contributed by atoms with Crippen LogP contribution >= 0.6 is 0 Å². The molecule has 23 heavy (non-hydrogen) atoms. The van der Waals surface area contributed by atoms with E-state index >= 15 is 0 Å². The number of benzene rings is 1. The Morgan fingerprint density at radius 2 is 1.70 bits per heavy atom. The maximum atomic E-state index is 12.7. The van der Waals surface area contributed by atoms with Crippen LogP contribution in [0.1, 0.15) is 36.2 Å². The first kappa shape index (κ1) is 14.6. The second-order valence-corrected chi connectivity index (χ2v) is 6.51. The molecule has 4 rings (SSSR count). The van der Waals surface area contributed by atoms with E-state index in [1.165, 1.54) is 25.7 Å². The van der Waals surface area contributed by atoms with E-state index in [1.807, 2.05) is 29.2 Å². The summed E-state index contributed by atoms with van der Waals surface area (Å²) >= 11 is 0. The van der Waals surface area contributed by atoms with Gasteiger partial charge in [-0.1, -0.05) is 25.0 Å². The number of para-hydroxylation sites is 2. The average molecular weight is 310 g/mol. The van der Waals surface area contributed by atoms with Crippen LogP contribution in [-0.4, -0.2) is 57.9 Å². The second kappa shape index (κ2) is 6.24. The quantitative estimate of drug-likeness (QED) is 0.854. The molecular formula is C18H22N4O. The largest absolute Gasteiger partial charge is 0.335 e. The van der Waals surface area contributed by atoms with E-state index in [2.05, 4.69) is 14.9 Å². The summed E-state index contributed by atoms with van der Waals surface area (Å²) < 4.78 is 0. The van der Waals surface area contributed by atoms with Gasteiger partial charge in [0.05, 0.1) is 17.2 Å². The lowest BCUT2D eigenvalue weighted by Gasteiger charge is -2.37. The molecule has 1 amide bonds. The number of carbonyl (C=O) groups excluding carboxylic acids is 1. The molecule has 2 aliphatic rings. The van der Waals surface area contributed by atoms with Gasteiger partial charge in [0.25, 0.3) is 5.91 Å². The molecule has 5 heteroatoms. The van der Waals surface area contributed by atoms with Gasteiger partial charge in [0.2, 0.25) is 0 Å². The van der Waals surface area contributed by atoms with Crippen LogP contribution in [0.3, 0.4) is 0 Å². The number of nitrogens with zero attached hydrogens (tertiary/aromatic N) is 4. The molecule has 0 unspecified atom stereocenters. The number of aromatic nitrogens is 2. The SMILES string of the molecule is O=C(c1cnc2ccccc2n1)N1CCN(C2CCCC2)CC1. The summed E-state index contributed by atoms with van der Waals surface area (Å²) in [4.78, 5) is 26.0. The number of amides is 1. The lowest BCUT2D eigenvalue weighted by molar-refractivity contribution is 0.0568. The molecule has 1 aliphatic carbocycles. The van der Waals surface area contributed by atoms with Crippen molar-refractivity contribution in [2.45, 2.75) is 31.7 Å². The minimum absolute atomic E-state index is 0.00863. The van der Waals surface area contributed by atoms with Gasteiger partial charge >= 0.3 is 0 Å². The van der Waals surface area contributed by atoms with Crippen LogP contribution in [0.2, 0.25) is 0 Å².